The van der Waals surface area contributed by atoms with Crippen molar-refractivity contribution in [2.45, 2.75) is 5.51 Å². The fourth-order valence-corrected chi connectivity index (χ4v) is 4.14. The first kappa shape index (κ1) is 21.8. The van der Waals surface area contributed by atoms with Crippen LogP contribution in [0.15, 0.2) is 66.7 Å². The number of halogens is 3. The number of hydrogen-bond acceptors (Lipinski definition) is 5. The maximum atomic E-state index is 12.9. The topological polar surface area (TPSA) is 61.8 Å². The average molecular weight is 462 g/mol. The van der Waals surface area contributed by atoms with Crippen LogP contribution in [0.2, 0.25) is 0 Å². The van der Waals surface area contributed by atoms with Gasteiger partial charge in [-0.1, -0.05) is 42.5 Å². The van der Waals surface area contributed by atoms with Crippen molar-refractivity contribution >= 4 is 31.7 Å². The predicted molar refractivity (Wildman–Crippen MR) is 116 cm³/mol. The van der Waals surface area contributed by atoms with Crippen LogP contribution in [0, 0.1) is 0 Å². The van der Waals surface area contributed by atoms with Gasteiger partial charge in [0.05, 0.1) is 14.2 Å². The first-order valence-corrected chi connectivity index (χ1v) is 10.8. The number of para-hydroxylation sites is 1. The number of hydrogen-bond donors (Lipinski definition) is 0. The molecule has 4 rings (SSSR count). The van der Waals surface area contributed by atoms with E-state index in [1.165, 1.54) is 32.4 Å². The summed E-state index contributed by atoms with van der Waals surface area (Å²) >= 11 is 0. The Morgan fingerprint density at radius 2 is 1.28 bits per heavy atom. The first-order chi connectivity index (χ1) is 15.2. The SMILES string of the molecule is COc1ccc2c(ccc3c(-c4ccccc4OS(=O)(=O)C(F)(F)F)cccc32)c1OC. The molecule has 0 saturated heterocycles. The van der Waals surface area contributed by atoms with Crippen molar-refractivity contribution in [3.8, 4) is 28.4 Å². The van der Waals surface area contributed by atoms with E-state index >= 15 is 0 Å². The third-order valence-electron chi connectivity index (χ3n) is 5.06. The molecule has 4 aromatic carbocycles. The van der Waals surface area contributed by atoms with Crippen molar-refractivity contribution in [1.29, 1.82) is 0 Å². The van der Waals surface area contributed by atoms with Crippen LogP contribution >= 0.6 is 0 Å². The lowest BCUT2D eigenvalue weighted by atomic mass is 9.94. The lowest BCUT2D eigenvalue weighted by Gasteiger charge is -2.16. The summed E-state index contributed by atoms with van der Waals surface area (Å²) in [6.45, 7) is 0. The quantitative estimate of drug-likeness (QED) is 0.210. The second-order valence-corrected chi connectivity index (χ2v) is 8.38. The molecule has 0 saturated carbocycles. The van der Waals surface area contributed by atoms with E-state index in [4.69, 9.17) is 9.47 Å². The van der Waals surface area contributed by atoms with Gasteiger partial charge in [0.15, 0.2) is 17.2 Å². The highest BCUT2D eigenvalue weighted by Crippen LogP contribution is 2.42. The van der Waals surface area contributed by atoms with Gasteiger partial charge >= 0.3 is 15.6 Å². The number of alkyl halides is 3. The van der Waals surface area contributed by atoms with Crippen LogP contribution in [-0.2, 0) is 10.1 Å². The zero-order valence-electron chi connectivity index (χ0n) is 16.9. The normalized spacial score (nSPS) is 12.2. The van der Waals surface area contributed by atoms with Crippen LogP contribution < -0.4 is 13.7 Å². The lowest BCUT2D eigenvalue weighted by molar-refractivity contribution is -0.0499. The molecule has 0 aliphatic carbocycles. The molecule has 0 amide bonds. The Kier molecular flexibility index (Phi) is 5.37. The molecular weight excluding hydrogens is 445 g/mol. The van der Waals surface area contributed by atoms with Gasteiger partial charge in [-0.3, -0.25) is 0 Å². The molecule has 0 aliphatic rings. The average Bonchev–Trinajstić information content (AvgIpc) is 2.77. The minimum absolute atomic E-state index is 0.214. The van der Waals surface area contributed by atoms with Gasteiger partial charge in [-0.05, 0) is 46.0 Å². The molecule has 0 aromatic heterocycles. The molecule has 0 spiro atoms. The molecule has 0 unspecified atom stereocenters. The third-order valence-corrected chi connectivity index (χ3v) is 6.02. The smallest absolute Gasteiger partial charge is 0.493 e. The highest BCUT2D eigenvalue weighted by molar-refractivity contribution is 7.88. The van der Waals surface area contributed by atoms with Crippen LogP contribution in [0.4, 0.5) is 13.2 Å². The van der Waals surface area contributed by atoms with Gasteiger partial charge in [-0.25, -0.2) is 0 Å². The predicted octanol–water partition coefficient (Wildman–Crippen LogP) is 5.91. The summed E-state index contributed by atoms with van der Waals surface area (Å²) in [5.41, 5.74) is -4.80. The Hall–Kier alpha value is -3.46. The zero-order chi connectivity index (χ0) is 23.1. The maximum Gasteiger partial charge on any atom is 0.534 e. The monoisotopic (exact) mass is 462 g/mol. The molecule has 0 heterocycles. The van der Waals surface area contributed by atoms with Crippen LogP contribution in [0.5, 0.6) is 17.2 Å². The number of ether oxygens (including phenoxy) is 2. The van der Waals surface area contributed by atoms with Crippen molar-refractivity contribution < 1.29 is 35.2 Å². The third kappa shape index (κ3) is 3.58. The summed E-state index contributed by atoms with van der Waals surface area (Å²) in [5, 5.41) is 3.13. The Morgan fingerprint density at radius 1 is 0.656 bits per heavy atom. The van der Waals surface area contributed by atoms with Gasteiger partial charge in [0.2, 0.25) is 0 Å². The number of benzene rings is 4. The molecule has 0 atom stereocenters. The molecule has 166 valence electrons. The minimum atomic E-state index is -5.82. The van der Waals surface area contributed by atoms with Gasteiger partial charge in [-0.2, -0.15) is 21.6 Å². The standard InChI is InChI=1S/C23H17F3O5S/c1-29-21-13-12-17-14-7-5-8-15(16(14)10-11-19(17)22(21)30-2)18-6-3-4-9-20(18)31-32(27,28)23(24,25)26/h3-13H,1-2H3. The van der Waals surface area contributed by atoms with E-state index in [2.05, 4.69) is 4.18 Å². The number of fused-ring (bicyclic) bond motifs is 3. The summed E-state index contributed by atoms with van der Waals surface area (Å²) in [6, 6.07) is 18.2. The lowest BCUT2D eigenvalue weighted by Crippen LogP contribution is -2.28. The Labute approximate surface area is 182 Å². The summed E-state index contributed by atoms with van der Waals surface area (Å²) in [5.74, 6) is 0.702. The van der Waals surface area contributed by atoms with Gasteiger partial charge in [-0.15, -0.1) is 0 Å². The summed E-state index contributed by atoms with van der Waals surface area (Å²) < 4.78 is 77.2. The fourth-order valence-electron chi connectivity index (χ4n) is 3.66. The van der Waals surface area contributed by atoms with Gasteiger partial charge < -0.3 is 13.7 Å². The summed E-state index contributed by atoms with van der Waals surface area (Å²) in [4.78, 5) is 0. The van der Waals surface area contributed by atoms with Crippen molar-refractivity contribution in [2.24, 2.45) is 0 Å². The van der Waals surface area contributed by atoms with Gasteiger partial charge in [0.1, 0.15) is 0 Å². The van der Waals surface area contributed by atoms with Crippen molar-refractivity contribution in [1.82, 2.24) is 0 Å². The molecule has 0 fully saturated rings. The van der Waals surface area contributed by atoms with Crippen LogP contribution in [0.25, 0.3) is 32.7 Å². The van der Waals surface area contributed by atoms with Crippen LogP contribution in [0.1, 0.15) is 0 Å². The minimum Gasteiger partial charge on any atom is -0.493 e. The number of rotatable bonds is 5. The molecule has 0 N–H and O–H groups in total. The Morgan fingerprint density at radius 3 is 1.97 bits per heavy atom. The van der Waals surface area contributed by atoms with Crippen molar-refractivity contribution in [2.75, 3.05) is 14.2 Å². The largest absolute Gasteiger partial charge is 0.534 e. The Balaban J connectivity index is 1.95. The first-order valence-electron chi connectivity index (χ1n) is 9.34. The molecule has 5 nitrogen and oxygen atoms in total. The molecule has 32 heavy (non-hydrogen) atoms. The molecular formula is C23H17F3O5S. The highest BCUT2D eigenvalue weighted by Gasteiger charge is 2.48. The zero-order valence-corrected chi connectivity index (χ0v) is 17.8. The van der Waals surface area contributed by atoms with E-state index in [-0.39, 0.29) is 5.56 Å². The molecule has 4 aromatic rings. The van der Waals surface area contributed by atoms with E-state index < -0.39 is 21.4 Å². The second kappa shape index (κ2) is 7.90. The van der Waals surface area contributed by atoms with E-state index in [9.17, 15) is 21.6 Å². The maximum absolute atomic E-state index is 12.9. The molecule has 0 radical (unpaired) electrons. The molecule has 0 aliphatic heterocycles. The van der Waals surface area contributed by atoms with Crippen molar-refractivity contribution in [3.63, 3.8) is 0 Å². The molecule has 9 heteroatoms. The van der Waals surface area contributed by atoms with Crippen LogP contribution in [0.3, 0.4) is 0 Å². The van der Waals surface area contributed by atoms with E-state index in [1.54, 1.807) is 30.3 Å². The van der Waals surface area contributed by atoms with Crippen molar-refractivity contribution in [3.05, 3.63) is 66.7 Å². The highest BCUT2D eigenvalue weighted by atomic mass is 32.2. The van der Waals surface area contributed by atoms with E-state index in [0.717, 1.165) is 16.2 Å². The summed E-state index contributed by atoms with van der Waals surface area (Å²) in [6.07, 6.45) is 0. The Bertz CT molecular complexity index is 1430. The second-order valence-electron chi connectivity index (χ2n) is 6.84. The van der Waals surface area contributed by atoms with Crippen LogP contribution in [-0.4, -0.2) is 28.1 Å². The fraction of sp³-hybridized carbons (Fsp3) is 0.130. The van der Waals surface area contributed by atoms with E-state index in [1.807, 2.05) is 18.2 Å². The summed E-state index contributed by atoms with van der Waals surface area (Å²) in [7, 11) is -2.75. The van der Waals surface area contributed by atoms with Gasteiger partial charge in [0.25, 0.3) is 0 Å². The van der Waals surface area contributed by atoms with E-state index in [0.29, 0.717) is 22.4 Å². The molecule has 0 bridgehead atoms. The number of methoxy groups -OCH3 is 2. The van der Waals surface area contributed by atoms with Gasteiger partial charge in [0, 0.05) is 10.9 Å².